The lowest BCUT2D eigenvalue weighted by molar-refractivity contribution is 0.209. The largest absolute Gasteiger partial charge is 0.0649 e. The number of hydrogen-bond acceptors (Lipinski definition) is 0. The summed E-state index contributed by atoms with van der Waals surface area (Å²) < 4.78 is 1.21. The summed E-state index contributed by atoms with van der Waals surface area (Å²) in [5.74, 6) is 0.606. The van der Waals surface area contributed by atoms with E-state index in [-0.39, 0.29) is 0 Å². The zero-order chi connectivity index (χ0) is 14.8. The van der Waals surface area contributed by atoms with E-state index >= 15 is 0 Å². The molecule has 0 spiro atoms. The second-order valence-electron chi connectivity index (χ2n) is 7.65. The van der Waals surface area contributed by atoms with Gasteiger partial charge in [0.05, 0.1) is 0 Å². The minimum Gasteiger partial charge on any atom is -0.0649 e. The van der Waals surface area contributed by atoms with Crippen LogP contribution < -0.4 is 0 Å². The molecule has 19 heavy (non-hydrogen) atoms. The Morgan fingerprint density at radius 3 is 2.11 bits per heavy atom. The van der Waals surface area contributed by atoms with Crippen LogP contribution in [0.15, 0.2) is 22.7 Å². The predicted octanol–water partition coefficient (Wildman–Crippen LogP) is 6.71. The molecule has 0 fully saturated rings. The molecule has 0 saturated carbocycles. The quantitative estimate of drug-likeness (QED) is 0.577. The van der Waals surface area contributed by atoms with Crippen molar-refractivity contribution in [2.24, 2.45) is 10.8 Å². The van der Waals surface area contributed by atoms with Gasteiger partial charge in [0, 0.05) is 4.47 Å². The maximum Gasteiger partial charge on any atom is 0.0204 e. The highest BCUT2D eigenvalue weighted by molar-refractivity contribution is 9.10. The van der Waals surface area contributed by atoms with Gasteiger partial charge in [-0.25, -0.2) is 0 Å². The lowest BCUT2D eigenvalue weighted by Crippen LogP contribution is -2.25. The number of rotatable bonds is 4. The molecule has 0 aromatic heterocycles. The fraction of sp³-hybridized carbons (Fsp3) is 0.667. The summed E-state index contributed by atoms with van der Waals surface area (Å²) in [4.78, 5) is 0. The molecule has 1 aromatic carbocycles. The van der Waals surface area contributed by atoms with Crippen LogP contribution in [0, 0.1) is 17.8 Å². The van der Waals surface area contributed by atoms with Crippen LogP contribution in [0.5, 0.6) is 0 Å². The molecule has 1 atom stereocenters. The fourth-order valence-electron chi connectivity index (χ4n) is 2.51. The van der Waals surface area contributed by atoms with E-state index in [9.17, 15) is 0 Å². The van der Waals surface area contributed by atoms with Gasteiger partial charge in [-0.3, -0.25) is 0 Å². The first kappa shape index (κ1) is 16.8. The van der Waals surface area contributed by atoms with Gasteiger partial charge in [-0.05, 0) is 47.3 Å². The van der Waals surface area contributed by atoms with E-state index in [0.717, 1.165) is 0 Å². The van der Waals surface area contributed by atoms with Crippen LogP contribution in [-0.4, -0.2) is 0 Å². The van der Waals surface area contributed by atoms with E-state index in [0.29, 0.717) is 16.7 Å². The van der Waals surface area contributed by atoms with Crippen molar-refractivity contribution in [3.05, 3.63) is 33.8 Å². The standard InChI is InChI=1S/C18H29Br/c1-8-18(6,7)12-15(17(3,4)5)14-9-10-16(19)13(2)11-14/h9-11,15H,8,12H2,1-7H3. The molecule has 0 N–H and O–H groups in total. The first-order chi connectivity index (χ1) is 8.57. The van der Waals surface area contributed by atoms with Gasteiger partial charge in [0.15, 0.2) is 0 Å². The Kier molecular flexibility index (Phi) is 5.28. The van der Waals surface area contributed by atoms with Gasteiger partial charge in [-0.15, -0.1) is 0 Å². The monoisotopic (exact) mass is 324 g/mol. The molecule has 0 amide bonds. The number of aryl methyl sites for hydroxylation is 1. The van der Waals surface area contributed by atoms with Crippen molar-refractivity contribution >= 4 is 15.9 Å². The molecule has 0 heterocycles. The summed E-state index contributed by atoms with van der Waals surface area (Å²) in [5, 5.41) is 0. The molecule has 108 valence electrons. The zero-order valence-corrected chi connectivity index (χ0v) is 15.2. The Bertz CT molecular complexity index is 424. The molecule has 0 saturated heterocycles. The minimum atomic E-state index is 0.298. The van der Waals surface area contributed by atoms with Gasteiger partial charge < -0.3 is 0 Å². The number of benzene rings is 1. The molecular weight excluding hydrogens is 296 g/mol. The van der Waals surface area contributed by atoms with Gasteiger partial charge >= 0.3 is 0 Å². The summed E-state index contributed by atoms with van der Waals surface area (Å²) in [6.07, 6.45) is 2.48. The van der Waals surface area contributed by atoms with Crippen molar-refractivity contribution in [3.8, 4) is 0 Å². The van der Waals surface area contributed by atoms with Crippen molar-refractivity contribution < 1.29 is 0 Å². The molecule has 0 aliphatic carbocycles. The van der Waals surface area contributed by atoms with Crippen molar-refractivity contribution in [1.82, 2.24) is 0 Å². The van der Waals surface area contributed by atoms with Gasteiger partial charge in [-0.2, -0.15) is 0 Å². The van der Waals surface area contributed by atoms with E-state index in [1.165, 1.54) is 28.4 Å². The van der Waals surface area contributed by atoms with Crippen molar-refractivity contribution in [2.75, 3.05) is 0 Å². The van der Waals surface area contributed by atoms with Crippen molar-refractivity contribution in [2.45, 2.75) is 67.2 Å². The Labute approximate surface area is 128 Å². The van der Waals surface area contributed by atoms with Crippen LogP contribution in [-0.2, 0) is 0 Å². The average Bonchev–Trinajstić information content (AvgIpc) is 2.29. The second-order valence-corrected chi connectivity index (χ2v) is 8.50. The van der Waals surface area contributed by atoms with Gasteiger partial charge in [0.2, 0.25) is 0 Å². The SMILES string of the molecule is CCC(C)(C)CC(c1ccc(Br)c(C)c1)C(C)(C)C. The Hall–Kier alpha value is -0.300. The molecule has 0 aliphatic heterocycles. The number of hydrogen-bond donors (Lipinski definition) is 0. The summed E-state index contributed by atoms with van der Waals surface area (Å²) >= 11 is 3.60. The van der Waals surface area contributed by atoms with Crippen LogP contribution in [0.2, 0.25) is 0 Å². The third kappa shape index (κ3) is 4.63. The van der Waals surface area contributed by atoms with Gasteiger partial charge in [0.1, 0.15) is 0 Å². The maximum atomic E-state index is 3.60. The summed E-state index contributed by atoms with van der Waals surface area (Å²) in [6.45, 7) is 16.3. The third-order valence-corrected chi connectivity index (χ3v) is 5.23. The molecule has 0 aliphatic rings. The topological polar surface area (TPSA) is 0 Å². The minimum absolute atomic E-state index is 0.298. The fourth-order valence-corrected chi connectivity index (χ4v) is 2.75. The molecule has 1 rings (SSSR count). The highest BCUT2D eigenvalue weighted by Gasteiger charge is 2.31. The van der Waals surface area contributed by atoms with Crippen LogP contribution in [0.4, 0.5) is 0 Å². The van der Waals surface area contributed by atoms with E-state index in [1.807, 2.05) is 0 Å². The maximum absolute atomic E-state index is 3.60. The van der Waals surface area contributed by atoms with Gasteiger partial charge in [0.25, 0.3) is 0 Å². The van der Waals surface area contributed by atoms with Crippen LogP contribution >= 0.6 is 15.9 Å². The molecule has 0 radical (unpaired) electrons. The molecule has 0 bridgehead atoms. The Morgan fingerprint density at radius 1 is 1.11 bits per heavy atom. The van der Waals surface area contributed by atoms with E-state index < -0.39 is 0 Å². The Morgan fingerprint density at radius 2 is 1.68 bits per heavy atom. The zero-order valence-electron chi connectivity index (χ0n) is 13.6. The van der Waals surface area contributed by atoms with Crippen LogP contribution in [0.3, 0.4) is 0 Å². The molecule has 1 aromatic rings. The van der Waals surface area contributed by atoms with Crippen molar-refractivity contribution in [1.29, 1.82) is 0 Å². The van der Waals surface area contributed by atoms with E-state index in [1.54, 1.807) is 0 Å². The normalized spacial score (nSPS) is 14.5. The van der Waals surface area contributed by atoms with E-state index in [4.69, 9.17) is 0 Å². The van der Waals surface area contributed by atoms with Crippen molar-refractivity contribution in [3.63, 3.8) is 0 Å². The Balaban J connectivity index is 3.14. The first-order valence-electron chi connectivity index (χ1n) is 7.33. The molecule has 1 unspecified atom stereocenters. The molecule has 1 heteroatoms. The summed E-state index contributed by atoms with van der Waals surface area (Å²) in [6, 6.07) is 6.84. The third-order valence-electron chi connectivity index (χ3n) is 4.34. The van der Waals surface area contributed by atoms with Crippen LogP contribution in [0.1, 0.15) is 71.4 Å². The molecule has 0 nitrogen and oxygen atoms in total. The van der Waals surface area contributed by atoms with Crippen LogP contribution in [0.25, 0.3) is 0 Å². The van der Waals surface area contributed by atoms with E-state index in [2.05, 4.69) is 82.6 Å². The smallest absolute Gasteiger partial charge is 0.0204 e. The highest BCUT2D eigenvalue weighted by Crippen LogP contribution is 2.44. The first-order valence-corrected chi connectivity index (χ1v) is 8.12. The highest BCUT2D eigenvalue weighted by atomic mass is 79.9. The molecular formula is C18H29Br. The number of halogens is 1. The lowest BCUT2D eigenvalue weighted by atomic mass is 9.68. The second kappa shape index (κ2) is 5.99. The lowest BCUT2D eigenvalue weighted by Gasteiger charge is -2.37. The average molecular weight is 325 g/mol. The van der Waals surface area contributed by atoms with Gasteiger partial charge in [-0.1, -0.05) is 76.0 Å². The summed E-state index contributed by atoms with van der Waals surface area (Å²) in [7, 11) is 0. The predicted molar refractivity (Wildman–Crippen MR) is 89.8 cm³/mol. The summed E-state index contributed by atoms with van der Waals surface area (Å²) in [5.41, 5.74) is 3.52.